The standard InChI is InChI=1S/C23H16Cl2N4O3S/c1-12-2-4-13(5-3-12)19(30)14-6-8-16(9-7-14)26-22(32)27-23-29-28-21(33-23)17-10-15(24)11-18(25)20(17)31/h2-11,31H,1H3,(H2,26,27,29,32). The molecule has 0 saturated carbocycles. The Morgan fingerprint density at radius 3 is 2.21 bits per heavy atom. The fraction of sp³-hybridized carbons (Fsp3) is 0.0435. The number of nitrogens with one attached hydrogen (secondary N) is 2. The third-order valence-electron chi connectivity index (χ3n) is 4.62. The number of hydrogen-bond donors (Lipinski definition) is 3. The normalized spacial score (nSPS) is 10.6. The number of phenolic OH excluding ortho intramolecular Hbond substituents is 1. The lowest BCUT2D eigenvalue weighted by atomic mass is 10.0. The maximum Gasteiger partial charge on any atom is 0.325 e. The monoisotopic (exact) mass is 498 g/mol. The van der Waals surface area contributed by atoms with Gasteiger partial charge in [0.2, 0.25) is 5.13 Å². The molecule has 1 heterocycles. The second kappa shape index (κ2) is 9.58. The molecule has 33 heavy (non-hydrogen) atoms. The number of aryl methyl sites for hydroxylation is 1. The first-order chi connectivity index (χ1) is 15.8. The molecule has 166 valence electrons. The predicted molar refractivity (Wildman–Crippen MR) is 131 cm³/mol. The summed E-state index contributed by atoms with van der Waals surface area (Å²) in [6, 6.07) is 16.3. The smallest absolute Gasteiger partial charge is 0.325 e. The van der Waals surface area contributed by atoms with Crippen molar-refractivity contribution in [2.45, 2.75) is 6.92 Å². The van der Waals surface area contributed by atoms with Crippen LogP contribution in [0.15, 0.2) is 60.7 Å². The predicted octanol–water partition coefficient (Wildman–Crippen LogP) is 6.40. The molecule has 0 aliphatic rings. The van der Waals surface area contributed by atoms with Crippen LogP contribution in [0.5, 0.6) is 5.75 Å². The van der Waals surface area contributed by atoms with Gasteiger partial charge in [-0.1, -0.05) is 64.4 Å². The summed E-state index contributed by atoms with van der Waals surface area (Å²) in [7, 11) is 0. The van der Waals surface area contributed by atoms with Crippen molar-refractivity contribution in [3.8, 4) is 16.3 Å². The quantitative estimate of drug-likeness (QED) is 0.276. The zero-order chi connectivity index (χ0) is 23.5. The molecule has 2 amide bonds. The Kier molecular flexibility index (Phi) is 6.60. The summed E-state index contributed by atoms with van der Waals surface area (Å²) in [6.07, 6.45) is 0. The Bertz CT molecular complexity index is 1340. The number of aromatic hydroxyl groups is 1. The zero-order valence-electron chi connectivity index (χ0n) is 17.1. The van der Waals surface area contributed by atoms with Gasteiger partial charge in [-0.15, -0.1) is 10.2 Å². The molecule has 0 aliphatic heterocycles. The van der Waals surface area contributed by atoms with Gasteiger partial charge in [0.15, 0.2) is 10.8 Å². The van der Waals surface area contributed by atoms with Gasteiger partial charge in [0.1, 0.15) is 5.75 Å². The Hall–Kier alpha value is -3.46. The van der Waals surface area contributed by atoms with Crippen LogP contribution in [-0.2, 0) is 0 Å². The van der Waals surface area contributed by atoms with E-state index in [1.807, 2.05) is 19.1 Å². The number of phenols is 1. The number of amides is 2. The fourth-order valence-corrected chi connectivity index (χ4v) is 4.20. The molecule has 0 aliphatic carbocycles. The molecule has 1 aromatic heterocycles. The first-order valence-electron chi connectivity index (χ1n) is 9.61. The maximum absolute atomic E-state index is 12.6. The summed E-state index contributed by atoms with van der Waals surface area (Å²) in [5.41, 5.74) is 2.99. The van der Waals surface area contributed by atoms with Gasteiger partial charge in [0, 0.05) is 21.8 Å². The van der Waals surface area contributed by atoms with E-state index in [-0.39, 0.29) is 21.7 Å². The average Bonchev–Trinajstić information content (AvgIpc) is 3.25. The van der Waals surface area contributed by atoms with Gasteiger partial charge in [-0.2, -0.15) is 0 Å². The lowest BCUT2D eigenvalue weighted by Crippen LogP contribution is -2.19. The molecule has 0 spiro atoms. The van der Waals surface area contributed by atoms with Crippen molar-refractivity contribution in [3.63, 3.8) is 0 Å². The molecule has 0 radical (unpaired) electrons. The van der Waals surface area contributed by atoms with Gasteiger partial charge in [-0.3, -0.25) is 10.1 Å². The van der Waals surface area contributed by atoms with Crippen LogP contribution in [-0.4, -0.2) is 27.1 Å². The molecule has 0 atom stereocenters. The highest BCUT2D eigenvalue weighted by molar-refractivity contribution is 7.18. The number of nitrogens with zero attached hydrogens (tertiary/aromatic N) is 2. The topological polar surface area (TPSA) is 104 Å². The van der Waals surface area contributed by atoms with Crippen LogP contribution in [0, 0.1) is 6.92 Å². The van der Waals surface area contributed by atoms with Crippen LogP contribution < -0.4 is 10.6 Å². The second-order valence-corrected chi connectivity index (χ2v) is 8.87. The Labute approximate surface area is 203 Å². The van der Waals surface area contributed by atoms with E-state index in [0.29, 0.717) is 32.4 Å². The van der Waals surface area contributed by atoms with E-state index in [0.717, 1.165) is 16.9 Å². The van der Waals surface area contributed by atoms with Gasteiger partial charge < -0.3 is 10.4 Å². The van der Waals surface area contributed by atoms with Gasteiger partial charge in [0.25, 0.3) is 0 Å². The minimum atomic E-state index is -0.538. The summed E-state index contributed by atoms with van der Waals surface area (Å²) in [4.78, 5) is 24.9. The highest BCUT2D eigenvalue weighted by atomic mass is 35.5. The Morgan fingerprint density at radius 1 is 0.909 bits per heavy atom. The summed E-state index contributed by atoms with van der Waals surface area (Å²) in [5, 5.41) is 24.2. The number of ketones is 1. The van der Waals surface area contributed by atoms with Crippen molar-refractivity contribution in [2.75, 3.05) is 10.6 Å². The number of hydrogen-bond acceptors (Lipinski definition) is 6. The highest BCUT2D eigenvalue weighted by Crippen LogP contribution is 2.39. The van der Waals surface area contributed by atoms with Gasteiger partial charge in [0.05, 0.1) is 10.6 Å². The second-order valence-electron chi connectivity index (χ2n) is 7.05. The van der Waals surface area contributed by atoms with E-state index in [2.05, 4.69) is 20.8 Å². The summed E-state index contributed by atoms with van der Waals surface area (Å²) in [6.45, 7) is 1.96. The summed E-state index contributed by atoms with van der Waals surface area (Å²) in [5.74, 6) is -0.273. The number of carbonyl (C=O) groups is 2. The number of aromatic nitrogens is 2. The summed E-state index contributed by atoms with van der Waals surface area (Å²) < 4.78 is 0. The van der Waals surface area contributed by atoms with Crippen molar-refractivity contribution in [3.05, 3.63) is 87.4 Å². The molecule has 0 fully saturated rings. The van der Waals surface area contributed by atoms with Crippen molar-refractivity contribution in [2.24, 2.45) is 0 Å². The van der Waals surface area contributed by atoms with Crippen molar-refractivity contribution in [1.82, 2.24) is 10.2 Å². The highest BCUT2D eigenvalue weighted by Gasteiger charge is 2.16. The molecular weight excluding hydrogens is 483 g/mol. The van der Waals surface area contributed by atoms with Crippen LogP contribution in [0.25, 0.3) is 10.6 Å². The molecule has 4 rings (SSSR count). The van der Waals surface area contributed by atoms with Crippen LogP contribution in [0.3, 0.4) is 0 Å². The lowest BCUT2D eigenvalue weighted by Gasteiger charge is -2.07. The fourth-order valence-electron chi connectivity index (χ4n) is 2.95. The van der Waals surface area contributed by atoms with Gasteiger partial charge in [-0.05, 0) is 43.3 Å². The van der Waals surface area contributed by atoms with E-state index in [1.54, 1.807) is 36.4 Å². The van der Waals surface area contributed by atoms with E-state index < -0.39 is 6.03 Å². The number of rotatable bonds is 5. The van der Waals surface area contributed by atoms with Crippen LogP contribution in [0.1, 0.15) is 21.5 Å². The molecule has 10 heteroatoms. The van der Waals surface area contributed by atoms with E-state index in [4.69, 9.17) is 23.2 Å². The van der Waals surface area contributed by atoms with E-state index >= 15 is 0 Å². The Morgan fingerprint density at radius 2 is 1.55 bits per heavy atom. The van der Waals surface area contributed by atoms with E-state index in [1.165, 1.54) is 12.1 Å². The largest absolute Gasteiger partial charge is 0.506 e. The number of halogens is 2. The minimum Gasteiger partial charge on any atom is -0.506 e. The maximum atomic E-state index is 12.6. The molecule has 3 N–H and O–H groups in total. The van der Waals surface area contributed by atoms with Crippen LogP contribution in [0.2, 0.25) is 10.0 Å². The zero-order valence-corrected chi connectivity index (χ0v) is 19.4. The molecule has 7 nitrogen and oxygen atoms in total. The van der Waals surface area contributed by atoms with E-state index in [9.17, 15) is 14.7 Å². The molecule has 3 aromatic carbocycles. The van der Waals surface area contributed by atoms with Gasteiger partial charge >= 0.3 is 6.03 Å². The van der Waals surface area contributed by atoms with Crippen LogP contribution >= 0.6 is 34.5 Å². The number of urea groups is 1. The molecular formula is C23H16Cl2N4O3S. The number of carbonyl (C=O) groups excluding carboxylic acids is 2. The van der Waals surface area contributed by atoms with Crippen molar-refractivity contribution in [1.29, 1.82) is 0 Å². The molecule has 0 saturated heterocycles. The minimum absolute atomic E-state index is 0.0873. The molecule has 0 unspecified atom stereocenters. The molecule has 4 aromatic rings. The SMILES string of the molecule is Cc1ccc(C(=O)c2ccc(NC(=O)Nc3nnc(-c4cc(Cl)cc(Cl)c4O)s3)cc2)cc1. The third kappa shape index (κ3) is 5.31. The number of anilines is 2. The number of benzene rings is 3. The van der Waals surface area contributed by atoms with Crippen molar-refractivity contribution >= 4 is 57.2 Å². The average molecular weight is 499 g/mol. The summed E-state index contributed by atoms with van der Waals surface area (Å²) >= 11 is 13.0. The van der Waals surface area contributed by atoms with Crippen LogP contribution in [0.4, 0.5) is 15.6 Å². The van der Waals surface area contributed by atoms with Crippen molar-refractivity contribution < 1.29 is 14.7 Å². The third-order valence-corrected chi connectivity index (χ3v) is 6.00. The van der Waals surface area contributed by atoms with Gasteiger partial charge in [-0.25, -0.2) is 4.79 Å². The first-order valence-corrected chi connectivity index (χ1v) is 11.2. The lowest BCUT2D eigenvalue weighted by molar-refractivity contribution is 0.103. The first kappa shape index (κ1) is 22.7. The molecule has 0 bridgehead atoms. The Balaban J connectivity index is 1.40.